The van der Waals surface area contributed by atoms with Crippen LogP contribution < -0.4 is 4.90 Å². The van der Waals surface area contributed by atoms with Crippen LogP contribution in [0.3, 0.4) is 0 Å². The van der Waals surface area contributed by atoms with E-state index in [4.69, 9.17) is 8.79 Å². The highest BCUT2D eigenvalue weighted by Crippen LogP contribution is 2.32. The summed E-state index contributed by atoms with van der Waals surface area (Å²) < 4.78 is 24.9. The number of anilines is 1. The molecule has 0 unspecified atom stereocenters. The Labute approximate surface area is 188 Å². The molecule has 0 aliphatic carbocycles. The lowest BCUT2D eigenvalue weighted by Crippen LogP contribution is -2.46. The van der Waals surface area contributed by atoms with Gasteiger partial charge in [-0.15, -0.1) is 22.0 Å². The zero-order chi connectivity index (χ0) is 21.0. The van der Waals surface area contributed by atoms with E-state index in [9.17, 15) is 4.39 Å². The second kappa shape index (κ2) is 9.33. The van der Waals surface area contributed by atoms with Gasteiger partial charge < -0.3 is 9.32 Å². The Morgan fingerprint density at radius 1 is 1.10 bits per heavy atom. The highest BCUT2D eigenvalue weighted by Gasteiger charge is 2.20. The van der Waals surface area contributed by atoms with Crippen molar-refractivity contribution in [3.05, 3.63) is 54.7 Å². The van der Waals surface area contributed by atoms with Crippen molar-refractivity contribution in [2.75, 3.05) is 43.4 Å². The van der Waals surface area contributed by atoms with Gasteiger partial charge in [-0.3, -0.25) is 4.90 Å². The number of hydrogen-bond donors (Lipinski definition) is 0. The number of hydrogen-bond acceptors (Lipinski definition) is 8. The minimum atomic E-state index is -0.302. The van der Waals surface area contributed by atoms with Crippen molar-refractivity contribution >= 4 is 39.2 Å². The van der Waals surface area contributed by atoms with E-state index >= 15 is 0 Å². The van der Waals surface area contributed by atoms with Crippen LogP contribution in [0.25, 0.3) is 21.5 Å². The summed E-state index contributed by atoms with van der Waals surface area (Å²) in [4.78, 5) is 5.87. The van der Waals surface area contributed by atoms with E-state index in [1.807, 2.05) is 0 Å². The van der Waals surface area contributed by atoms with Crippen LogP contribution in [0.1, 0.15) is 6.42 Å². The van der Waals surface area contributed by atoms with Gasteiger partial charge in [0.2, 0.25) is 12.3 Å². The molecule has 0 saturated carbocycles. The van der Waals surface area contributed by atoms with Crippen LogP contribution in [0, 0.1) is 5.82 Å². The quantitative estimate of drug-likeness (QED) is 0.293. The predicted molar refractivity (Wildman–Crippen MR) is 123 cm³/mol. The molecule has 2 aromatic heterocycles. The molecule has 0 bridgehead atoms. The molecule has 6 nitrogen and oxygen atoms in total. The molecule has 1 fully saturated rings. The van der Waals surface area contributed by atoms with E-state index in [1.165, 1.54) is 28.6 Å². The smallest absolute Gasteiger partial charge is 0.248 e. The lowest BCUT2D eigenvalue weighted by atomic mass is 10.2. The first-order chi connectivity index (χ1) is 15.3. The number of benzene rings is 2. The number of halogens is 1. The Morgan fingerprint density at radius 2 is 1.97 bits per heavy atom. The molecule has 0 radical (unpaired) electrons. The summed E-state index contributed by atoms with van der Waals surface area (Å²) in [5.74, 6) is 2.13. The second-order valence-corrected chi connectivity index (χ2v) is 9.36. The maximum absolute atomic E-state index is 13.7. The number of piperazine rings is 1. The Bertz CT molecular complexity index is 1140. The topological polar surface area (TPSA) is 58.3 Å². The molecule has 0 amide bonds. The highest BCUT2D eigenvalue weighted by molar-refractivity contribution is 7.99. The Hall–Kier alpha value is -2.49. The lowest BCUT2D eigenvalue weighted by Gasteiger charge is -2.35. The number of thioether (sulfide) groups is 1. The second-order valence-electron chi connectivity index (χ2n) is 7.42. The van der Waals surface area contributed by atoms with Crippen molar-refractivity contribution in [2.45, 2.75) is 11.3 Å². The molecule has 0 N–H and O–H groups in total. The molecule has 31 heavy (non-hydrogen) atoms. The van der Waals surface area contributed by atoms with Crippen molar-refractivity contribution in [3.8, 4) is 11.5 Å². The third kappa shape index (κ3) is 4.58. The normalized spacial score (nSPS) is 15.1. The van der Waals surface area contributed by atoms with Crippen molar-refractivity contribution < 1.29 is 8.81 Å². The summed E-state index contributed by atoms with van der Waals surface area (Å²) in [7, 11) is 0. The molecule has 9 heteroatoms. The average molecular weight is 456 g/mol. The molecule has 1 aliphatic heterocycles. The molecule has 1 aliphatic rings. The van der Waals surface area contributed by atoms with E-state index in [2.05, 4.69) is 44.3 Å². The largest absolute Gasteiger partial charge is 0.423 e. The fourth-order valence-electron chi connectivity index (χ4n) is 3.84. The van der Waals surface area contributed by atoms with E-state index < -0.39 is 0 Å². The zero-order valence-corrected chi connectivity index (χ0v) is 18.5. The molecule has 160 valence electrons. The van der Waals surface area contributed by atoms with Gasteiger partial charge in [0.25, 0.3) is 0 Å². The van der Waals surface area contributed by atoms with Gasteiger partial charge >= 0.3 is 0 Å². The summed E-state index contributed by atoms with van der Waals surface area (Å²) in [6.45, 7) is 5.14. The summed E-state index contributed by atoms with van der Waals surface area (Å²) in [5.41, 5.74) is 0.659. The third-order valence-corrected chi connectivity index (χ3v) is 7.42. The number of aromatic nitrogens is 3. The van der Waals surface area contributed by atoms with Gasteiger partial charge in [-0.25, -0.2) is 4.39 Å². The van der Waals surface area contributed by atoms with E-state index in [-0.39, 0.29) is 5.82 Å². The number of rotatable bonds is 7. The SMILES string of the molecule is Fc1ccc(SCCCN2CCN(c3nsc4ccccc34)CC2)c(-c2nnco2)c1. The molecule has 3 heterocycles. The molecule has 0 atom stereocenters. The summed E-state index contributed by atoms with van der Waals surface area (Å²) >= 11 is 3.28. The summed E-state index contributed by atoms with van der Waals surface area (Å²) in [6.07, 6.45) is 2.33. The first-order valence-electron chi connectivity index (χ1n) is 10.3. The molecule has 5 rings (SSSR count). The molecular formula is C22H22FN5OS2. The van der Waals surface area contributed by atoms with Gasteiger partial charge in [0.15, 0.2) is 0 Å². The Morgan fingerprint density at radius 3 is 2.81 bits per heavy atom. The first-order valence-corrected chi connectivity index (χ1v) is 12.0. The van der Waals surface area contributed by atoms with E-state index in [1.54, 1.807) is 29.4 Å². The molecule has 4 aromatic rings. The van der Waals surface area contributed by atoms with Crippen LogP contribution in [0.15, 0.2) is 58.2 Å². The fourth-order valence-corrected chi connectivity index (χ4v) is 5.59. The molecule has 0 spiro atoms. The van der Waals surface area contributed by atoms with Crippen LogP contribution in [0.4, 0.5) is 10.2 Å². The van der Waals surface area contributed by atoms with Gasteiger partial charge in [-0.2, -0.15) is 4.37 Å². The minimum absolute atomic E-state index is 0.302. The van der Waals surface area contributed by atoms with Crippen LogP contribution in [-0.4, -0.2) is 57.9 Å². The number of fused-ring (bicyclic) bond motifs is 1. The van der Waals surface area contributed by atoms with Crippen LogP contribution in [0.2, 0.25) is 0 Å². The van der Waals surface area contributed by atoms with Crippen LogP contribution >= 0.6 is 23.3 Å². The van der Waals surface area contributed by atoms with Crippen molar-refractivity contribution in [1.29, 1.82) is 0 Å². The van der Waals surface area contributed by atoms with Gasteiger partial charge in [-0.05, 0) is 60.6 Å². The fraction of sp³-hybridized carbons (Fsp3) is 0.318. The summed E-state index contributed by atoms with van der Waals surface area (Å²) in [5, 5.41) is 8.89. The first kappa shape index (κ1) is 20.4. The minimum Gasteiger partial charge on any atom is -0.423 e. The van der Waals surface area contributed by atoms with Crippen LogP contribution in [0.5, 0.6) is 0 Å². The maximum atomic E-state index is 13.7. The third-order valence-electron chi connectivity index (χ3n) is 5.44. The zero-order valence-electron chi connectivity index (χ0n) is 16.9. The highest BCUT2D eigenvalue weighted by atomic mass is 32.2. The van der Waals surface area contributed by atoms with E-state index in [0.29, 0.717) is 11.5 Å². The number of nitrogens with zero attached hydrogens (tertiary/aromatic N) is 5. The van der Waals surface area contributed by atoms with Gasteiger partial charge in [0.1, 0.15) is 11.6 Å². The van der Waals surface area contributed by atoms with Gasteiger partial charge in [-0.1, -0.05) is 12.1 Å². The van der Waals surface area contributed by atoms with Gasteiger partial charge in [0.05, 0.1) is 10.3 Å². The Kier molecular flexibility index (Phi) is 6.15. The molecule has 1 saturated heterocycles. The van der Waals surface area contributed by atoms with Crippen molar-refractivity contribution in [3.63, 3.8) is 0 Å². The summed E-state index contributed by atoms with van der Waals surface area (Å²) in [6, 6.07) is 13.2. The van der Waals surface area contributed by atoms with Crippen molar-refractivity contribution in [2.24, 2.45) is 0 Å². The average Bonchev–Trinajstić information content (AvgIpc) is 3.48. The lowest BCUT2D eigenvalue weighted by molar-refractivity contribution is 0.259. The monoisotopic (exact) mass is 455 g/mol. The molecular weight excluding hydrogens is 433 g/mol. The van der Waals surface area contributed by atoms with Crippen molar-refractivity contribution in [1.82, 2.24) is 19.5 Å². The van der Waals surface area contributed by atoms with Crippen LogP contribution in [-0.2, 0) is 0 Å². The predicted octanol–water partition coefficient (Wildman–Crippen LogP) is 4.79. The maximum Gasteiger partial charge on any atom is 0.248 e. The standard InChI is InChI=1S/C22H22FN5OS2/c23-16-6-7-19(18(14-16)22-25-24-15-29-22)30-13-3-8-27-9-11-28(12-10-27)21-17-4-1-2-5-20(17)31-26-21/h1-2,4-7,14-15H,3,8-13H2. The molecule has 2 aromatic carbocycles. The van der Waals surface area contributed by atoms with E-state index in [0.717, 1.165) is 55.6 Å². The van der Waals surface area contributed by atoms with Gasteiger partial charge in [0, 0.05) is 36.5 Å². The Balaban J connectivity index is 1.11.